The van der Waals surface area contributed by atoms with Crippen molar-refractivity contribution < 1.29 is 9.59 Å². The van der Waals surface area contributed by atoms with E-state index in [1.54, 1.807) is 6.08 Å². The Morgan fingerprint density at radius 3 is 2.44 bits per heavy atom. The summed E-state index contributed by atoms with van der Waals surface area (Å²) in [7, 11) is 0. The van der Waals surface area contributed by atoms with Crippen LogP contribution in [0.2, 0.25) is 0 Å². The summed E-state index contributed by atoms with van der Waals surface area (Å²) in [5.74, 6) is -0.895. The fourth-order valence-corrected chi connectivity index (χ4v) is 3.34. The predicted octanol–water partition coefficient (Wildman–Crippen LogP) is 3.68. The largest absolute Gasteiger partial charge is 0.298 e. The molecule has 6 heteroatoms. The zero-order valence-electron chi connectivity index (χ0n) is 13.5. The number of halogens is 1. The summed E-state index contributed by atoms with van der Waals surface area (Å²) in [5.41, 5.74) is 2.69. The maximum atomic E-state index is 12.9. The highest BCUT2D eigenvalue weighted by Crippen LogP contribution is 2.23. The van der Waals surface area contributed by atoms with Crippen LogP contribution >= 0.6 is 34.8 Å². The smallest absolute Gasteiger partial charge is 0.270 e. The van der Waals surface area contributed by atoms with Gasteiger partial charge in [0, 0.05) is 3.57 Å². The summed E-state index contributed by atoms with van der Waals surface area (Å²) in [6, 6.07) is 15.1. The van der Waals surface area contributed by atoms with Crippen LogP contribution in [0.1, 0.15) is 18.1 Å². The lowest BCUT2D eigenvalue weighted by molar-refractivity contribution is -0.122. The second-order valence-electron chi connectivity index (χ2n) is 5.50. The van der Waals surface area contributed by atoms with Crippen LogP contribution < -0.4 is 10.2 Å². The number of carbonyl (C=O) groups is 2. The molecule has 4 nitrogen and oxygen atoms in total. The Bertz CT molecular complexity index is 891. The zero-order chi connectivity index (χ0) is 18.0. The van der Waals surface area contributed by atoms with Crippen LogP contribution in [0, 0.1) is 3.57 Å². The first-order valence-electron chi connectivity index (χ1n) is 7.76. The molecular weight excluding hydrogens is 447 g/mol. The molecular formula is C19H15IN2O2S. The minimum absolute atomic E-state index is 0.0669. The number of thiocarbonyl (C=S) groups is 1. The summed E-state index contributed by atoms with van der Waals surface area (Å²) in [4.78, 5) is 26.6. The molecule has 1 N–H and O–H groups in total. The van der Waals surface area contributed by atoms with E-state index >= 15 is 0 Å². The van der Waals surface area contributed by atoms with Gasteiger partial charge in [0.1, 0.15) is 5.57 Å². The topological polar surface area (TPSA) is 49.4 Å². The molecule has 1 heterocycles. The standard InChI is InChI=1S/C19H15IN2O2S/c1-2-12-7-9-14(10-8-12)22-18(24)15(17(23)21-19(22)25)11-13-5-3-4-6-16(13)20/h3-11H,2H2,1H3,(H,21,23,25)/b15-11+. The van der Waals surface area contributed by atoms with Crippen LogP contribution in [0.3, 0.4) is 0 Å². The van der Waals surface area contributed by atoms with Crippen LogP contribution in [0.25, 0.3) is 6.08 Å². The Labute approximate surface area is 165 Å². The van der Waals surface area contributed by atoms with Gasteiger partial charge in [-0.1, -0.05) is 37.3 Å². The molecule has 0 bridgehead atoms. The molecule has 0 radical (unpaired) electrons. The number of aryl methyl sites for hydroxylation is 1. The first kappa shape index (κ1) is 17.8. The molecule has 126 valence electrons. The Morgan fingerprint density at radius 2 is 1.80 bits per heavy atom. The third-order valence-electron chi connectivity index (χ3n) is 3.91. The number of hydrogen-bond donors (Lipinski definition) is 1. The minimum Gasteiger partial charge on any atom is -0.298 e. The number of amides is 2. The fraction of sp³-hybridized carbons (Fsp3) is 0.105. The lowest BCUT2D eigenvalue weighted by Gasteiger charge is -2.29. The van der Waals surface area contributed by atoms with Gasteiger partial charge in [-0.15, -0.1) is 0 Å². The highest BCUT2D eigenvalue weighted by Gasteiger charge is 2.34. The highest BCUT2D eigenvalue weighted by atomic mass is 127. The molecule has 1 aliphatic heterocycles. The molecule has 0 aliphatic carbocycles. The van der Waals surface area contributed by atoms with Crippen molar-refractivity contribution in [3.05, 3.63) is 68.8 Å². The van der Waals surface area contributed by atoms with Gasteiger partial charge in [0.25, 0.3) is 11.8 Å². The Kier molecular flexibility index (Phi) is 5.29. The SMILES string of the molecule is CCc1ccc(N2C(=O)/C(=C/c3ccccc3I)C(=O)NC2=S)cc1. The monoisotopic (exact) mass is 462 g/mol. The van der Waals surface area contributed by atoms with Gasteiger partial charge in [-0.2, -0.15) is 0 Å². The number of rotatable bonds is 3. The summed E-state index contributed by atoms with van der Waals surface area (Å²) < 4.78 is 0.959. The van der Waals surface area contributed by atoms with Crippen LogP contribution in [-0.4, -0.2) is 16.9 Å². The molecule has 1 saturated heterocycles. The Balaban J connectivity index is 2.01. The third-order valence-corrected chi connectivity index (χ3v) is 5.18. The van der Waals surface area contributed by atoms with E-state index < -0.39 is 11.8 Å². The molecule has 0 aromatic heterocycles. The molecule has 0 spiro atoms. The summed E-state index contributed by atoms with van der Waals surface area (Å²) in [5, 5.41) is 2.70. The van der Waals surface area contributed by atoms with Crippen molar-refractivity contribution in [2.75, 3.05) is 4.90 Å². The molecule has 0 unspecified atom stereocenters. The van der Waals surface area contributed by atoms with Crippen LogP contribution in [-0.2, 0) is 16.0 Å². The number of nitrogens with zero attached hydrogens (tertiary/aromatic N) is 1. The Hall–Kier alpha value is -2.06. The van der Waals surface area contributed by atoms with Crippen LogP contribution in [0.4, 0.5) is 5.69 Å². The predicted molar refractivity (Wildman–Crippen MR) is 111 cm³/mol. The summed E-state index contributed by atoms with van der Waals surface area (Å²) >= 11 is 7.38. The van der Waals surface area contributed by atoms with E-state index in [2.05, 4.69) is 34.8 Å². The molecule has 3 rings (SSSR count). The maximum Gasteiger partial charge on any atom is 0.270 e. The number of nitrogens with one attached hydrogen (secondary N) is 1. The van der Waals surface area contributed by atoms with E-state index in [0.29, 0.717) is 5.69 Å². The van der Waals surface area contributed by atoms with Crippen LogP contribution in [0.5, 0.6) is 0 Å². The van der Waals surface area contributed by atoms with Crippen molar-refractivity contribution >= 4 is 63.5 Å². The number of hydrogen-bond acceptors (Lipinski definition) is 3. The van der Waals surface area contributed by atoms with Gasteiger partial charge in [0.15, 0.2) is 5.11 Å². The number of anilines is 1. The number of benzene rings is 2. The average molecular weight is 462 g/mol. The summed E-state index contributed by atoms with van der Waals surface area (Å²) in [6.07, 6.45) is 2.52. The van der Waals surface area contributed by atoms with Gasteiger partial charge in [-0.3, -0.25) is 19.8 Å². The van der Waals surface area contributed by atoms with E-state index in [9.17, 15) is 9.59 Å². The van der Waals surface area contributed by atoms with Crippen molar-refractivity contribution in [1.82, 2.24) is 5.32 Å². The zero-order valence-corrected chi connectivity index (χ0v) is 16.4. The molecule has 25 heavy (non-hydrogen) atoms. The van der Waals surface area contributed by atoms with Crippen molar-refractivity contribution in [3.8, 4) is 0 Å². The molecule has 2 aromatic carbocycles. The van der Waals surface area contributed by atoms with Gasteiger partial charge < -0.3 is 0 Å². The van der Waals surface area contributed by atoms with E-state index in [1.165, 1.54) is 4.90 Å². The van der Waals surface area contributed by atoms with Crippen molar-refractivity contribution in [3.63, 3.8) is 0 Å². The molecule has 1 aliphatic rings. The minimum atomic E-state index is -0.476. The molecule has 0 saturated carbocycles. The first-order chi connectivity index (χ1) is 12.0. The quantitative estimate of drug-likeness (QED) is 0.328. The number of carbonyl (C=O) groups excluding carboxylic acids is 2. The maximum absolute atomic E-state index is 12.9. The van der Waals surface area contributed by atoms with E-state index in [1.807, 2.05) is 48.5 Å². The molecule has 2 amide bonds. The third kappa shape index (κ3) is 3.64. The van der Waals surface area contributed by atoms with Gasteiger partial charge in [-0.05, 0) is 76.6 Å². The fourth-order valence-electron chi connectivity index (χ4n) is 2.52. The van der Waals surface area contributed by atoms with E-state index in [0.717, 1.165) is 21.1 Å². The molecule has 2 aromatic rings. The van der Waals surface area contributed by atoms with E-state index in [4.69, 9.17) is 12.2 Å². The van der Waals surface area contributed by atoms with Gasteiger partial charge in [-0.25, -0.2) is 0 Å². The van der Waals surface area contributed by atoms with Crippen LogP contribution in [0.15, 0.2) is 54.1 Å². The molecule has 1 fully saturated rings. The lowest BCUT2D eigenvalue weighted by Crippen LogP contribution is -2.54. The van der Waals surface area contributed by atoms with Crippen molar-refractivity contribution in [1.29, 1.82) is 0 Å². The Morgan fingerprint density at radius 1 is 1.12 bits per heavy atom. The van der Waals surface area contributed by atoms with Crippen molar-refractivity contribution in [2.24, 2.45) is 0 Å². The normalized spacial score (nSPS) is 16.3. The second-order valence-corrected chi connectivity index (χ2v) is 7.05. The highest BCUT2D eigenvalue weighted by molar-refractivity contribution is 14.1. The first-order valence-corrected chi connectivity index (χ1v) is 9.25. The lowest BCUT2D eigenvalue weighted by atomic mass is 10.1. The van der Waals surface area contributed by atoms with Crippen molar-refractivity contribution in [2.45, 2.75) is 13.3 Å². The van der Waals surface area contributed by atoms with Gasteiger partial charge >= 0.3 is 0 Å². The van der Waals surface area contributed by atoms with Gasteiger partial charge in [0.2, 0.25) is 0 Å². The van der Waals surface area contributed by atoms with E-state index in [-0.39, 0.29) is 10.7 Å². The average Bonchev–Trinajstić information content (AvgIpc) is 2.60. The summed E-state index contributed by atoms with van der Waals surface area (Å²) in [6.45, 7) is 2.06. The second kappa shape index (κ2) is 7.45. The molecule has 0 atom stereocenters. The van der Waals surface area contributed by atoms with Gasteiger partial charge in [0.05, 0.1) is 5.69 Å².